The van der Waals surface area contributed by atoms with Crippen LogP contribution in [0.1, 0.15) is 36.0 Å². The number of aromatic amines is 1. The Bertz CT molecular complexity index is 1360. The predicted molar refractivity (Wildman–Crippen MR) is 139 cm³/mol. The van der Waals surface area contributed by atoms with E-state index in [1.807, 2.05) is 91.0 Å². The van der Waals surface area contributed by atoms with E-state index in [0.29, 0.717) is 0 Å². The molecule has 1 amide bonds. The molecular formula is C28H28N4O3. The number of rotatable bonds is 8. The number of carbonyl (C=O) groups is 1. The number of benzene rings is 3. The van der Waals surface area contributed by atoms with Crippen LogP contribution in [0.2, 0.25) is 0 Å². The monoisotopic (exact) mass is 468 g/mol. The third-order valence-corrected chi connectivity index (χ3v) is 6.07. The summed E-state index contributed by atoms with van der Waals surface area (Å²) in [7, 11) is 0. The summed E-state index contributed by atoms with van der Waals surface area (Å²) in [6.07, 6.45) is 0.137. The molecule has 0 aliphatic carbocycles. The molecule has 4 rings (SSSR count). The molecule has 0 bridgehead atoms. The third-order valence-electron chi connectivity index (χ3n) is 6.07. The molecule has 3 aromatic carbocycles. The van der Waals surface area contributed by atoms with E-state index in [9.17, 15) is 14.4 Å². The van der Waals surface area contributed by atoms with Gasteiger partial charge in [-0.1, -0.05) is 91.0 Å². The highest BCUT2D eigenvalue weighted by atomic mass is 16.2. The summed E-state index contributed by atoms with van der Waals surface area (Å²) in [6, 6.07) is 28.9. The summed E-state index contributed by atoms with van der Waals surface area (Å²) in [5, 5.41) is 0. The molecule has 0 saturated heterocycles. The largest absolute Gasteiger partial charge is 0.383 e. The molecule has 4 aromatic rings. The minimum Gasteiger partial charge on any atom is -0.383 e. The fourth-order valence-corrected chi connectivity index (χ4v) is 4.30. The highest BCUT2D eigenvalue weighted by molar-refractivity contribution is 5.96. The number of nitrogen functional groups attached to an aromatic ring is 1. The molecule has 0 spiro atoms. The van der Waals surface area contributed by atoms with Crippen molar-refractivity contribution in [2.75, 3.05) is 17.2 Å². The molecule has 0 atom stereocenters. The molecule has 0 saturated carbocycles. The van der Waals surface area contributed by atoms with Gasteiger partial charge in [-0.2, -0.15) is 0 Å². The average molecular weight is 469 g/mol. The summed E-state index contributed by atoms with van der Waals surface area (Å²) < 4.78 is 1.29. The van der Waals surface area contributed by atoms with Crippen molar-refractivity contribution in [3.05, 3.63) is 129 Å². The minimum absolute atomic E-state index is 0.00657. The van der Waals surface area contributed by atoms with Gasteiger partial charge >= 0.3 is 5.69 Å². The van der Waals surface area contributed by atoms with Crippen LogP contribution in [0.25, 0.3) is 0 Å². The van der Waals surface area contributed by atoms with Crippen LogP contribution in [-0.4, -0.2) is 22.0 Å². The van der Waals surface area contributed by atoms with Gasteiger partial charge in [0, 0.05) is 18.9 Å². The lowest BCUT2D eigenvalue weighted by molar-refractivity contribution is -0.118. The molecule has 1 heterocycles. The van der Waals surface area contributed by atoms with Crippen molar-refractivity contribution in [3.63, 3.8) is 0 Å². The van der Waals surface area contributed by atoms with Crippen LogP contribution in [0.5, 0.6) is 0 Å². The highest BCUT2D eigenvalue weighted by Gasteiger charge is 2.26. The van der Waals surface area contributed by atoms with E-state index in [2.05, 4.69) is 4.98 Å². The molecule has 0 aliphatic heterocycles. The molecule has 7 nitrogen and oxygen atoms in total. The fourth-order valence-electron chi connectivity index (χ4n) is 4.30. The molecule has 178 valence electrons. The van der Waals surface area contributed by atoms with Crippen LogP contribution in [0, 0.1) is 0 Å². The maximum absolute atomic E-state index is 13.6. The molecule has 0 fully saturated rings. The summed E-state index contributed by atoms with van der Waals surface area (Å²) in [5.74, 6) is -0.490. The molecule has 7 heteroatoms. The van der Waals surface area contributed by atoms with Crippen molar-refractivity contribution in [2.45, 2.75) is 25.8 Å². The summed E-state index contributed by atoms with van der Waals surface area (Å²) in [4.78, 5) is 42.7. The average Bonchev–Trinajstić information content (AvgIpc) is 2.89. The number of hydrogen-bond acceptors (Lipinski definition) is 4. The number of carbonyl (C=O) groups excluding carboxylic acids is 1. The van der Waals surface area contributed by atoms with Crippen LogP contribution < -0.4 is 21.9 Å². The Hall–Kier alpha value is -4.39. The van der Waals surface area contributed by atoms with E-state index < -0.39 is 11.2 Å². The zero-order chi connectivity index (χ0) is 24.8. The first kappa shape index (κ1) is 23.8. The van der Waals surface area contributed by atoms with E-state index in [1.54, 1.807) is 6.92 Å². The first-order valence-corrected chi connectivity index (χ1v) is 11.6. The Morgan fingerprint density at radius 1 is 0.886 bits per heavy atom. The Balaban J connectivity index is 1.71. The smallest absolute Gasteiger partial charge is 0.330 e. The Morgan fingerprint density at radius 2 is 1.40 bits per heavy atom. The molecule has 1 aromatic heterocycles. The van der Waals surface area contributed by atoms with Gasteiger partial charge in [-0.25, -0.2) is 4.79 Å². The lowest BCUT2D eigenvalue weighted by atomic mass is 9.88. The SMILES string of the molecule is CCN(C(=O)CC(c1ccccc1)c1ccccc1)c1c(N)n(Cc2ccccc2)c(=O)[nH]c1=O. The number of amides is 1. The van der Waals surface area contributed by atoms with Gasteiger partial charge in [0.2, 0.25) is 5.91 Å². The molecule has 0 aliphatic rings. The molecule has 35 heavy (non-hydrogen) atoms. The van der Waals surface area contributed by atoms with Crippen LogP contribution in [0.15, 0.2) is 101 Å². The summed E-state index contributed by atoms with van der Waals surface area (Å²) in [5.41, 5.74) is 7.90. The zero-order valence-corrected chi connectivity index (χ0v) is 19.6. The normalized spacial score (nSPS) is 10.9. The van der Waals surface area contributed by atoms with E-state index in [-0.39, 0.29) is 42.8 Å². The van der Waals surface area contributed by atoms with Gasteiger partial charge in [-0.3, -0.25) is 19.1 Å². The Labute approximate surface area is 203 Å². The van der Waals surface area contributed by atoms with Crippen LogP contribution >= 0.6 is 0 Å². The molecule has 0 radical (unpaired) electrons. The zero-order valence-electron chi connectivity index (χ0n) is 19.6. The standard InChI is InChI=1S/C28H28N4O3/c1-2-31(24(33)18-23(21-14-8-4-9-15-21)22-16-10-5-11-17-22)25-26(29)32(28(35)30-27(25)34)19-20-12-6-3-7-13-20/h3-17,23H,2,18-19,29H2,1H3,(H,30,34,35). The number of nitrogens with one attached hydrogen (secondary N) is 1. The quantitative estimate of drug-likeness (QED) is 0.411. The summed E-state index contributed by atoms with van der Waals surface area (Å²) in [6.45, 7) is 2.19. The second-order valence-corrected chi connectivity index (χ2v) is 8.28. The molecule has 3 N–H and O–H groups in total. The highest BCUT2D eigenvalue weighted by Crippen LogP contribution is 2.30. The lowest BCUT2D eigenvalue weighted by Gasteiger charge is -2.26. The number of nitrogens with zero attached hydrogens (tertiary/aromatic N) is 2. The maximum Gasteiger partial charge on any atom is 0.330 e. The number of nitrogens with two attached hydrogens (primary N) is 1. The number of aromatic nitrogens is 2. The maximum atomic E-state index is 13.6. The Morgan fingerprint density at radius 3 is 1.91 bits per heavy atom. The minimum atomic E-state index is -0.678. The lowest BCUT2D eigenvalue weighted by Crippen LogP contribution is -2.41. The fraction of sp³-hybridized carbons (Fsp3) is 0.179. The van der Waals surface area contributed by atoms with E-state index in [0.717, 1.165) is 16.7 Å². The molecular weight excluding hydrogens is 440 g/mol. The topological polar surface area (TPSA) is 101 Å². The van der Waals surface area contributed by atoms with Crippen molar-refractivity contribution in [1.29, 1.82) is 0 Å². The second-order valence-electron chi connectivity index (χ2n) is 8.28. The van der Waals surface area contributed by atoms with Gasteiger partial charge in [-0.05, 0) is 23.6 Å². The van der Waals surface area contributed by atoms with E-state index >= 15 is 0 Å². The predicted octanol–water partition coefficient (Wildman–Crippen LogP) is 3.74. The van der Waals surface area contributed by atoms with Gasteiger partial charge in [0.05, 0.1) is 6.54 Å². The second kappa shape index (κ2) is 10.7. The van der Waals surface area contributed by atoms with Crippen molar-refractivity contribution < 1.29 is 4.79 Å². The van der Waals surface area contributed by atoms with Crippen molar-refractivity contribution in [2.24, 2.45) is 0 Å². The van der Waals surface area contributed by atoms with Gasteiger partial charge in [0.15, 0.2) is 5.69 Å². The van der Waals surface area contributed by atoms with E-state index in [1.165, 1.54) is 9.47 Å². The van der Waals surface area contributed by atoms with E-state index in [4.69, 9.17) is 5.73 Å². The van der Waals surface area contributed by atoms with Crippen LogP contribution in [0.3, 0.4) is 0 Å². The Kier molecular flexibility index (Phi) is 7.26. The van der Waals surface area contributed by atoms with Crippen LogP contribution in [0.4, 0.5) is 11.5 Å². The van der Waals surface area contributed by atoms with Crippen molar-refractivity contribution in [1.82, 2.24) is 9.55 Å². The first-order chi connectivity index (χ1) is 17.0. The molecule has 0 unspecified atom stereocenters. The first-order valence-electron chi connectivity index (χ1n) is 11.6. The van der Waals surface area contributed by atoms with Crippen LogP contribution in [-0.2, 0) is 11.3 Å². The van der Waals surface area contributed by atoms with Crippen molar-refractivity contribution >= 4 is 17.4 Å². The summed E-state index contributed by atoms with van der Waals surface area (Å²) >= 11 is 0. The van der Waals surface area contributed by atoms with Gasteiger partial charge < -0.3 is 10.6 Å². The van der Waals surface area contributed by atoms with Gasteiger partial charge in [-0.15, -0.1) is 0 Å². The number of H-pyrrole nitrogens is 1. The van der Waals surface area contributed by atoms with Gasteiger partial charge in [0.1, 0.15) is 5.82 Å². The number of anilines is 2. The third kappa shape index (κ3) is 5.24. The number of hydrogen-bond donors (Lipinski definition) is 2. The van der Waals surface area contributed by atoms with Crippen molar-refractivity contribution in [3.8, 4) is 0 Å². The van der Waals surface area contributed by atoms with Gasteiger partial charge in [0.25, 0.3) is 5.56 Å².